The van der Waals surface area contributed by atoms with Crippen molar-refractivity contribution >= 4 is 23.1 Å². The number of anilines is 1. The summed E-state index contributed by atoms with van der Waals surface area (Å²) in [7, 11) is 1.60. The fourth-order valence-corrected chi connectivity index (χ4v) is 4.63. The van der Waals surface area contributed by atoms with E-state index in [2.05, 4.69) is 21.5 Å². The maximum absolute atomic E-state index is 13.8. The van der Waals surface area contributed by atoms with Crippen molar-refractivity contribution < 1.29 is 9.59 Å². The van der Waals surface area contributed by atoms with Crippen molar-refractivity contribution in [3.05, 3.63) is 83.8 Å². The van der Waals surface area contributed by atoms with E-state index in [9.17, 15) is 9.59 Å². The molecule has 3 aromatic heterocycles. The van der Waals surface area contributed by atoms with Crippen molar-refractivity contribution in [2.45, 2.75) is 31.7 Å². The number of nitrogens with zero attached hydrogens (tertiary/aromatic N) is 5. The summed E-state index contributed by atoms with van der Waals surface area (Å²) in [5.74, 6) is 0.283. The first-order valence-corrected chi connectivity index (χ1v) is 11.6. The molecule has 0 atom stereocenters. The quantitative estimate of drug-likeness (QED) is 0.476. The zero-order valence-electron chi connectivity index (χ0n) is 19.3. The van der Waals surface area contributed by atoms with E-state index in [0.29, 0.717) is 22.5 Å². The van der Waals surface area contributed by atoms with Crippen LogP contribution >= 0.6 is 0 Å². The molecule has 35 heavy (non-hydrogen) atoms. The zero-order valence-corrected chi connectivity index (χ0v) is 19.3. The minimum absolute atomic E-state index is 0.0702. The molecule has 0 unspecified atom stereocenters. The minimum atomic E-state index is -0.146. The van der Waals surface area contributed by atoms with E-state index >= 15 is 0 Å². The van der Waals surface area contributed by atoms with Gasteiger partial charge in [0.05, 0.1) is 17.3 Å². The van der Waals surface area contributed by atoms with E-state index in [1.807, 2.05) is 18.2 Å². The first-order chi connectivity index (χ1) is 17.1. The Morgan fingerprint density at radius 3 is 2.49 bits per heavy atom. The van der Waals surface area contributed by atoms with Crippen molar-refractivity contribution in [3.8, 4) is 17.2 Å². The summed E-state index contributed by atoms with van der Waals surface area (Å²) >= 11 is 0. The van der Waals surface area contributed by atoms with E-state index in [1.54, 1.807) is 59.2 Å². The molecule has 1 saturated carbocycles. The number of fused-ring (bicyclic) bond motifs is 1. The highest BCUT2D eigenvalue weighted by molar-refractivity contribution is 6.07. The van der Waals surface area contributed by atoms with E-state index in [0.717, 1.165) is 42.3 Å². The Morgan fingerprint density at radius 2 is 1.83 bits per heavy atom. The molecule has 0 aliphatic heterocycles. The van der Waals surface area contributed by atoms with E-state index in [1.165, 1.54) is 6.20 Å². The normalized spacial score (nSPS) is 13.5. The highest BCUT2D eigenvalue weighted by atomic mass is 16.2. The van der Waals surface area contributed by atoms with Crippen LogP contribution in [0.1, 0.15) is 52.0 Å². The predicted octanol–water partition coefficient (Wildman–Crippen LogP) is 4.22. The van der Waals surface area contributed by atoms with Crippen LogP contribution < -0.4 is 10.2 Å². The molecule has 1 aromatic carbocycles. The molecule has 5 rings (SSSR count). The number of amides is 2. The van der Waals surface area contributed by atoms with Crippen molar-refractivity contribution in [3.63, 3.8) is 0 Å². The molecule has 174 valence electrons. The molecule has 0 saturated heterocycles. The van der Waals surface area contributed by atoms with Gasteiger partial charge in [0.15, 0.2) is 0 Å². The summed E-state index contributed by atoms with van der Waals surface area (Å²) < 4.78 is 1.73. The van der Waals surface area contributed by atoms with Gasteiger partial charge in [0.1, 0.15) is 11.9 Å². The fourth-order valence-electron chi connectivity index (χ4n) is 4.63. The summed E-state index contributed by atoms with van der Waals surface area (Å²) in [4.78, 5) is 31.9. The van der Waals surface area contributed by atoms with Crippen LogP contribution in [0.15, 0.2) is 67.1 Å². The van der Waals surface area contributed by atoms with Crippen molar-refractivity contribution in [2.24, 2.45) is 0 Å². The molecule has 1 fully saturated rings. The van der Waals surface area contributed by atoms with Gasteiger partial charge in [0.2, 0.25) is 0 Å². The van der Waals surface area contributed by atoms with Crippen LogP contribution in [0.5, 0.6) is 0 Å². The zero-order chi connectivity index (χ0) is 24.4. The van der Waals surface area contributed by atoms with Crippen LogP contribution in [-0.2, 0) is 0 Å². The Balaban J connectivity index is 1.52. The highest BCUT2D eigenvalue weighted by Gasteiger charge is 2.30. The van der Waals surface area contributed by atoms with Gasteiger partial charge in [-0.1, -0.05) is 25.0 Å². The summed E-state index contributed by atoms with van der Waals surface area (Å²) in [5.41, 5.74) is 4.14. The van der Waals surface area contributed by atoms with Crippen molar-refractivity contribution in [2.75, 3.05) is 11.9 Å². The molecule has 0 bridgehead atoms. The van der Waals surface area contributed by atoms with Crippen LogP contribution in [0.2, 0.25) is 0 Å². The Bertz CT molecular complexity index is 1430. The Labute approximate surface area is 202 Å². The van der Waals surface area contributed by atoms with Crippen LogP contribution in [0.4, 0.5) is 5.82 Å². The molecule has 0 radical (unpaired) electrons. The second-order valence-electron chi connectivity index (χ2n) is 8.59. The topological polar surface area (TPSA) is 103 Å². The second kappa shape index (κ2) is 9.39. The van der Waals surface area contributed by atoms with Crippen molar-refractivity contribution in [1.29, 1.82) is 5.26 Å². The SMILES string of the molecule is CNC(=O)c1ccc(-c2cnn3ccc(C(=O)N(c4ccc(C#N)cn4)C4CCCC4)cc23)cc1. The lowest BCUT2D eigenvalue weighted by Crippen LogP contribution is -2.39. The lowest BCUT2D eigenvalue weighted by atomic mass is 10.0. The van der Waals surface area contributed by atoms with Crippen LogP contribution in [0.25, 0.3) is 16.6 Å². The molecule has 3 heterocycles. The lowest BCUT2D eigenvalue weighted by Gasteiger charge is -2.28. The molecule has 2 amide bonds. The molecular formula is C27H24N6O2. The molecule has 4 aromatic rings. The van der Waals surface area contributed by atoms with Gasteiger partial charge in [0, 0.05) is 42.2 Å². The van der Waals surface area contributed by atoms with Gasteiger partial charge >= 0.3 is 0 Å². The number of benzene rings is 1. The molecule has 1 aliphatic carbocycles. The molecule has 8 nitrogen and oxygen atoms in total. The fraction of sp³-hybridized carbons (Fsp3) is 0.222. The van der Waals surface area contributed by atoms with Gasteiger partial charge in [-0.25, -0.2) is 9.50 Å². The summed E-state index contributed by atoms with van der Waals surface area (Å²) in [6.07, 6.45) is 9.03. The number of hydrogen-bond donors (Lipinski definition) is 1. The monoisotopic (exact) mass is 464 g/mol. The van der Waals surface area contributed by atoms with Gasteiger partial charge in [-0.15, -0.1) is 0 Å². The molecule has 1 N–H and O–H groups in total. The molecule has 0 spiro atoms. The lowest BCUT2D eigenvalue weighted by molar-refractivity contribution is 0.0959. The number of pyridine rings is 2. The average molecular weight is 465 g/mol. The third kappa shape index (κ3) is 4.24. The number of carbonyl (C=O) groups excluding carboxylic acids is 2. The smallest absolute Gasteiger partial charge is 0.259 e. The minimum Gasteiger partial charge on any atom is -0.355 e. The molecule has 1 aliphatic rings. The van der Waals surface area contributed by atoms with Gasteiger partial charge in [0.25, 0.3) is 11.8 Å². The van der Waals surface area contributed by atoms with Crippen molar-refractivity contribution in [1.82, 2.24) is 19.9 Å². The number of carbonyl (C=O) groups is 2. The summed E-state index contributed by atoms with van der Waals surface area (Å²) in [5, 5.41) is 16.2. The Hall–Kier alpha value is -4.51. The van der Waals surface area contributed by atoms with E-state index < -0.39 is 0 Å². The van der Waals surface area contributed by atoms with Gasteiger partial charge in [-0.2, -0.15) is 10.4 Å². The van der Waals surface area contributed by atoms with Crippen LogP contribution in [-0.4, -0.2) is 39.5 Å². The van der Waals surface area contributed by atoms with Gasteiger partial charge in [-0.3, -0.25) is 14.5 Å². The van der Waals surface area contributed by atoms with Crippen LogP contribution in [0, 0.1) is 11.3 Å². The Morgan fingerprint density at radius 1 is 1.06 bits per heavy atom. The second-order valence-corrected chi connectivity index (χ2v) is 8.59. The number of rotatable bonds is 5. The van der Waals surface area contributed by atoms with E-state index in [-0.39, 0.29) is 17.9 Å². The number of hydrogen-bond acceptors (Lipinski definition) is 5. The third-order valence-corrected chi connectivity index (χ3v) is 6.49. The molecular weight excluding hydrogens is 440 g/mol. The van der Waals surface area contributed by atoms with E-state index in [4.69, 9.17) is 5.26 Å². The number of nitrogens with one attached hydrogen (secondary N) is 1. The Kier molecular flexibility index (Phi) is 5.98. The van der Waals surface area contributed by atoms with Crippen LogP contribution in [0.3, 0.4) is 0 Å². The predicted molar refractivity (Wildman–Crippen MR) is 132 cm³/mol. The standard InChI is InChI=1S/C27H24N6O2/c1-29-26(34)20-9-7-19(8-10-20)23-17-31-32-13-12-21(14-24(23)32)27(35)33(22-4-2-3-5-22)25-11-6-18(15-28)16-30-25/h6-14,16-17,22H,2-5H2,1H3,(H,29,34). The summed E-state index contributed by atoms with van der Waals surface area (Å²) in [6.45, 7) is 0. The summed E-state index contributed by atoms with van der Waals surface area (Å²) in [6, 6.07) is 16.5. The van der Waals surface area contributed by atoms with Gasteiger partial charge in [-0.05, 0) is 54.8 Å². The first kappa shape index (κ1) is 22.3. The maximum atomic E-state index is 13.8. The highest BCUT2D eigenvalue weighted by Crippen LogP contribution is 2.30. The molecule has 8 heteroatoms. The van der Waals surface area contributed by atoms with Gasteiger partial charge < -0.3 is 5.32 Å². The maximum Gasteiger partial charge on any atom is 0.259 e. The average Bonchev–Trinajstić information content (AvgIpc) is 3.59. The largest absolute Gasteiger partial charge is 0.355 e. The number of nitriles is 1. The third-order valence-electron chi connectivity index (χ3n) is 6.49. The first-order valence-electron chi connectivity index (χ1n) is 11.6. The number of aromatic nitrogens is 3.